The van der Waals surface area contributed by atoms with Crippen molar-refractivity contribution in [2.45, 2.75) is 25.3 Å². The smallest absolute Gasteiger partial charge is 0.322 e. The Morgan fingerprint density at radius 3 is 2.39 bits per heavy atom. The number of carbonyl (C=O) groups is 1. The highest BCUT2D eigenvalue weighted by molar-refractivity contribution is 5.90. The second-order valence-electron chi connectivity index (χ2n) is 7.45. The van der Waals surface area contributed by atoms with Crippen LogP contribution >= 0.6 is 0 Å². The maximum Gasteiger partial charge on any atom is 0.322 e. The quantitative estimate of drug-likeness (QED) is 0.280. The minimum atomic E-state index is -2.27. The molecule has 0 bridgehead atoms. The maximum atomic E-state index is 13.9. The van der Waals surface area contributed by atoms with Gasteiger partial charge in [0.15, 0.2) is 0 Å². The number of hydrogen-bond donors (Lipinski definition) is 1. The van der Waals surface area contributed by atoms with Crippen molar-refractivity contribution in [3.05, 3.63) is 83.4 Å². The van der Waals surface area contributed by atoms with Gasteiger partial charge < -0.3 is 15.0 Å². The second-order valence-corrected chi connectivity index (χ2v) is 7.45. The molecule has 1 saturated heterocycles. The lowest BCUT2D eigenvalue weighted by atomic mass is 9.97. The summed E-state index contributed by atoms with van der Waals surface area (Å²) < 4.78 is 72.9. The summed E-state index contributed by atoms with van der Waals surface area (Å²) >= 11 is 0. The van der Waals surface area contributed by atoms with Crippen LogP contribution in [0.2, 0.25) is 0 Å². The first-order valence-corrected chi connectivity index (χ1v) is 10.1. The lowest BCUT2D eigenvalue weighted by Gasteiger charge is -2.35. The summed E-state index contributed by atoms with van der Waals surface area (Å²) in [5.41, 5.74) is 1.12. The van der Waals surface area contributed by atoms with Gasteiger partial charge in [0.2, 0.25) is 34.8 Å². The largest absolute Gasteiger partial charge is 0.451 e. The highest BCUT2D eigenvalue weighted by Crippen LogP contribution is 2.34. The van der Waals surface area contributed by atoms with Gasteiger partial charge in [-0.3, -0.25) is 4.98 Å². The first-order chi connectivity index (χ1) is 15.9. The van der Waals surface area contributed by atoms with Crippen LogP contribution in [0.25, 0.3) is 0 Å². The average molecular weight is 463 g/mol. The molecule has 1 aromatic heterocycles. The van der Waals surface area contributed by atoms with Gasteiger partial charge in [-0.15, -0.1) is 0 Å². The van der Waals surface area contributed by atoms with Crippen LogP contribution < -0.4 is 10.1 Å². The molecule has 1 fully saturated rings. The molecule has 1 N–H and O–H groups in total. The molecule has 3 aromatic rings. The van der Waals surface area contributed by atoms with Crippen LogP contribution in [0, 0.1) is 29.1 Å². The molecule has 0 aliphatic carbocycles. The number of anilines is 1. The van der Waals surface area contributed by atoms with E-state index in [-0.39, 0.29) is 17.5 Å². The molecular weight excluding hydrogens is 445 g/mol. The third kappa shape index (κ3) is 4.59. The number of urea groups is 1. The first-order valence-electron chi connectivity index (χ1n) is 10.1. The Balaban J connectivity index is 1.54. The van der Waals surface area contributed by atoms with Gasteiger partial charge in [0.05, 0.1) is 6.04 Å². The Labute approximate surface area is 185 Å². The molecule has 33 heavy (non-hydrogen) atoms. The van der Waals surface area contributed by atoms with Crippen LogP contribution in [-0.2, 0) is 0 Å². The number of pyridine rings is 1. The summed E-state index contributed by atoms with van der Waals surface area (Å²) in [7, 11) is 0. The predicted octanol–water partition coefficient (Wildman–Crippen LogP) is 6.33. The Kier molecular flexibility index (Phi) is 6.43. The van der Waals surface area contributed by atoms with Crippen LogP contribution in [0.4, 0.5) is 32.4 Å². The van der Waals surface area contributed by atoms with E-state index in [0.29, 0.717) is 6.54 Å². The van der Waals surface area contributed by atoms with E-state index in [1.165, 1.54) is 24.3 Å². The van der Waals surface area contributed by atoms with Gasteiger partial charge in [-0.2, -0.15) is 8.78 Å². The molecule has 1 aliphatic rings. The topological polar surface area (TPSA) is 54.5 Å². The fraction of sp³-hybridized carbons (Fsp3) is 0.217. The van der Waals surface area contributed by atoms with E-state index in [2.05, 4.69) is 10.3 Å². The van der Waals surface area contributed by atoms with E-state index in [9.17, 15) is 26.7 Å². The summed E-state index contributed by atoms with van der Waals surface area (Å²) in [5.74, 6) is -12.3. The number of ether oxygens (including phenoxy) is 1. The monoisotopic (exact) mass is 463 g/mol. The summed E-state index contributed by atoms with van der Waals surface area (Å²) in [6, 6.07) is 8.50. The third-order valence-electron chi connectivity index (χ3n) is 5.31. The fourth-order valence-corrected chi connectivity index (χ4v) is 3.72. The van der Waals surface area contributed by atoms with Crippen molar-refractivity contribution in [3.63, 3.8) is 0 Å². The number of hydrogen-bond acceptors (Lipinski definition) is 3. The molecule has 0 radical (unpaired) electrons. The highest BCUT2D eigenvalue weighted by atomic mass is 19.2. The lowest BCUT2D eigenvalue weighted by Crippen LogP contribution is -2.41. The van der Waals surface area contributed by atoms with E-state index in [0.717, 1.165) is 24.8 Å². The molecule has 2 heterocycles. The lowest BCUT2D eigenvalue weighted by molar-refractivity contribution is 0.163. The molecule has 1 atom stereocenters. The summed E-state index contributed by atoms with van der Waals surface area (Å²) in [4.78, 5) is 18.7. The molecule has 172 valence electrons. The Hall–Kier alpha value is -3.69. The molecule has 5 nitrogen and oxygen atoms in total. The summed E-state index contributed by atoms with van der Waals surface area (Å²) in [6.45, 7) is 0.520. The number of rotatable bonds is 4. The van der Waals surface area contributed by atoms with Crippen molar-refractivity contribution in [2.24, 2.45) is 0 Å². The normalized spacial score (nSPS) is 15.9. The number of benzene rings is 2. The predicted molar refractivity (Wildman–Crippen MR) is 109 cm³/mol. The van der Waals surface area contributed by atoms with Gasteiger partial charge >= 0.3 is 6.03 Å². The van der Waals surface area contributed by atoms with Crippen molar-refractivity contribution in [3.8, 4) is 11.5 Å². The zero-order valence-electron chi connectivity index (χ0n) is 17.1. The van der Waals surface area contributed by atoms with Crippen molar-refractivity contribution >= 4 is 11.7 Å². The molecule has 10 heteroatoms. The minimum absolute atomic E-state index is 0.166. The number of halogens is 5. The molecule has 4 rings (SSSR count). The van der Waals surface area contributed by atoms with Gasteiger partial charge in [0.25, 0.3) is 0 Å². The van der Waals surface area contributed by atoms with Gasteiger partial charge in [-0.05, 0) is 43.0 Å². The minimum Gasteiger partial charge on any atom is -0.451 e. The van der Waals surface area contributed by atoms with Crippen LogP contribution in [-0.4, -0.2) is 22.5 Å². The molecular formula is C23H18F5N3O2. The van der Waals surface area contributed by atoms with Gasteiger partial charge in [0, 0.05) is 30.7 Å². The van der Waals surface area contributed by atoms with Crippen LogP contribution in [0.5, 0.6) is 11.5 Å². The molecule has 2 amide bonds. The zero-order chi connectivity index (χ0) is 23.5. The number of piperidine rings is 1. The number of nitrogens with zero attached hydrogens (tertiary/aromatic N) is 2. The number of carbonyl (C=O) groups excluding carboxylic acids is 1. The van der Waals surface area contributed by atoms with Crippen LogP contribution in [0.15, 0.2) is 48.8 Å². The molecule has 2 aromatic carbocycles. The molecule has 0 saturated carbocycles. The molecule has 0 spiro atoms. The SMILES string of the molecule is O=C(Nc1cccc(Oc2c(F)c(F)c(F)c(F)c2F)c1)N1CCCC[C@H]1c1cccnc1. The number of likely N-dealkylation sites (tertiary alicyclic amines) is 1. The second kappa shape index (κ2) is 9.43. The molecule has 0 unspecified atom stereocenters. The average Bonchev–Trinajstić information content (AvgIpc) is 2.85. The Morgan fingerprint density at radius 1 is 0.970 bits per heavy atom. The molecule has 1 aliphatic heterocycles. The highest BCUT2D eigenvalue weighted by Gasteiger charge is 2.29. The van der Waals surface area contributed by atoms with E-state index in [1.54, 1.807) is 23.4 Å². The first kappa shape index (κ1) is 22.5. The van der Waals surface area contributed by atoms with Crippen molar-refractivity contribution in [1.29, 1.82) is 0 Å². The Bertz CT molecular complexity index is 1150. The summed E-state index contributed by atoms with van der Waals surface area (Å²) in [6.07, 6.45) is 5.90. The zero-order valence-corrected chi connectivity index (χ0v) is 17.1. The van der Waals surface area contributed by atoms with E-state index in [4.69, 9.17) is 4.74 Å². The van der Waals surface area contributed by atoms with E-state index < -0.39 is 40.9 Å². The Morgan fingerprint density at radius 2 is 1.70 bits per heavy atom. The summed E-state index contributed by atoms with van der Waals surface area (Å²) in [5, 5.41) is 2.69. The van der Waals surface area contributed by atoms with Crippen molar-refractivity contribution in [1.82, 2.24) is 9.88 Å². The van der Waals surface area contributed by atoms with Crippen LogP contribution in [0.1, 0.15) is 30.9 Å². The van der Waals surface area contributed by atoms with Gasteiger partial charge in [0.1, 0.15) is 5.75 Å². The number of aromatic nitrogens is 1. The van der Waals surface area contributed by atoms with Crippen molar-refractivity contribution in [2.75, 3.05) is 11.9 Å². The van der Waals surface area contributed by atoms with E-state index >= 15 is 0 Å². The third-order valence-corrected chi connectivity index (χ3v) is 5.31. The van der Waals surface area contributed by atoms with E-state index in [1.807, 2.05) is 6.07 Å². The van der Waals surface area contributed by atoms with Gasteiger partial charge in [-0.25, -0.2) is 18.0 Å². The number of amides is 2. The standard InChI is InChI=1S/C23H18F5N3O2/c24-17-18(25)20(27)22(21(28)19(17)26)33-15-7-3-6-14(11-15)30-23(32)31-10-2-1-8-16(31)13-5-4-9-29-12-13/h3-7,9,11-12,16H,1-2,8,10H2,(H,30,32)/t16-/m0/s1. The van der Waals surface area contributed by atoms with Crippen molar-refractivity contribution < 1.29 is 31.5 Å². The fourth-order valence-electron chi connectivity index (χ4n) is 3.72. The number of nitrogens with one attached hydrogen (secondary N) is 1. The maximum absolute atomic E-state index is 13.9. The van der Waals surface area contributed by atoms with Crippen LogP contribution in [0.3, 0.4) is 0 Å². The van der Waals surface area contributed by atoms with Gasteiger partial charge in [-0.1, -0.05) is 12.1 Å².